The van der Waals surface area contributed by atoms with Gasteiger partial charge in [-0.3, -0.25) is 9.20 Å². The monoisotopic (exact) mass is 333 g/mol. The van der Waals surface area contributed by atoms with Crippen LogP contribution in [0, 0.1) is 13.8 Å². The van der Waals surface area contributed by atoms with E-state index in [9.17, 15) is 4.79 Å². The average Bonchev–Trinajstić information content (AvgIpc) is 2.78. The van der Waals surface area contributed by atoms with E-state index in [2.05, 4.69) is 10.3 Å². The van der Waals surface area contributed by atoms with Gasteiger partial charge in [-0.2, -0.15) is 0 Å². The molecule has 112 valence electrons. The Labute approximate surface area is 137 Å². The largest absolute Gasteiger partial charge is 0.320 e. The van der Waals surface area contributed by atoms with Crippen LogP contribution in [0.2, 0.25) is 10.0 Å². The number of pyridine rings is 1. The van der Waals surface area contributed by atoms with Gasteiger partial charge < -0.3 is 5.32 Å². The second-order valence-corrected chi connectivity index (χ2v) is 5.83. The molecule has 0 radical (unpaired) electrons. The summed E-state index contributed by atoms with van der Waals surface area (Å²) in [5.74, 6) is -0.238. The number of amides is 1. The molecule has 2 aromatic heterocycles. The Balaban J connectivity index is 2.02. The molecule has 1 N–H and O–H groups in total. The van der Waals surface area contributed by atoms with Gasteiger partial charge in [0.25, 0.3) is 5.91 Å². The number of imidazole rings is 1. The van der Waals surface area contributed by atoms with Crippen LogP contribution in [0.1, 0.15) is 21.7 Å². The highest BCUT2D eigenvalue weighted by molar-refractivity contribution is 6.32. The van der Waals surface area contributed by atoms with E-state index in [1.807, 2.05) is 13.0 Å². The van der Waals surface area contributed by atoms with E-state index in [-0.39, 0.29) is 5.91 Å². The van der Waals surface area contributed by atoms with E-state index in [1.54, 1.807) is 41.8 Å². The van der Waals surface area contributed by atoms with E-state index >= 15 is 0 Å². The predicted octanol–water partition coefficient (Wildman–Crippen LogP) is 4.51. The van der Waals surface area contributed by atoms with Crippen LogP contribution >= 0.6 is 23.2 Å². The van der Waals surface area contributed by atoms with Gasteiger partial charge in [-0.1, -0.05) is 29.3 Å². The predicted molar refractivity (Wildman–Crippen MR) is 89.1 cm³/mol. The summed E-state index contributed by atoms with van der Waals surface area (Å²) in [4.78, 5) is 17.0. The van der Waals surface area contributed by atoms with Gasteiger partial charge in [0.2, 0.25) is 0 Å². The molecule has 0 saturated heterocycles. The van der Waals surface area contributed by atoms with E-state index < -0.39 is 0 Å². The maximum absolute atomic E-state index is 12.6. The number of nitrogens with zero attached hydrogens (tertiary/aromatic N) is 2. The Morgan fingerprint density at radius 3 is 2.77 bits per heavy atom. The van der Waals surface area contributed by atoms with Crippen molar-refractivity contribution in [2.24, 2.45) is 0 Å². The van der Waals surface area contributed by atoms with Gasteiger partial charge >= 0.3 is 0 Å². The lowest BCUT2D eigenvalue weighted by Gasteiger charge is -2.10. The quantitative estimate of drug-likeness (QED) is 0.749. The number of carbonyl (C=O) groups excluding carboxylic acids is 1. The molecule has 3 aromatic rings. The van der Waals surface area contributed by atoms with Crippen molar-refractivity contribution in [1.82, 2.24) is 9.38 Å². The minimum Gasteiger partial charge on any atom is -0.320 e. The molecule has 0 unspecified atom stereocenters. The summed E-state index contributed by atoms with van der Waals surface area (Å²) < 4.78 is 1.72. The van der Waals surface area contributed by atoms with Gasteiger partial charge in [-0.05, 0) is 37.6 Å². The van der Waals surface area contributed by atoms with Gasteiger partial charge in [0.1, 0.15) is 11.3 Å². The number of nitrogens with one attached hydrogen (secondary N) is 1. The average molecular weight is 334 g/mol. The van der Waals surface area contributed by atoms with Crippen LogP contribution in [0.3, 0.4) is 0 Å². The second kappa shape index (κ2) is 5.63. The van der Waals surface area contributed by atoms with Crippen molar-refractivity contribution in [1.29, 1.82) is 0 Å². The minimum atomic E-state index is -0.238. The molecule has 0 aliphatic carbocycles. The van der Waals surface area contributed by atoms with Crippen LogP contribution in [0.25, 0.3) is 5.65 Å². The first-order valence-corrected chi connectivity index (χ1v) is 7.43. The lowest BCUT2D eigenvalue weighted by Crippen LogP contribution is -2.16. The highest BCUT2D eigenvalue weighted by Crippen LogP contribution is 2.24. The summed E-state index contributed by atoms with van der Waals surface area (Å²) >= 11 is 12.0. The molecule has 22 heavy (non-hydrogen) atoms. The number of hydrogen-bond acceptors (Lipinski definition) is 2. The smallest absolute Gasteiger partial charge is 0.274 e. The van der Waals surface area contributed by atoms with Crippen LogP contribution in [-0.4, -0.2) is 15.3 Å². The molecular formula is C16H13Cl2N3O. The van der Waals surface area contributed by atoms with Gasteiger partial charge in [-0.15, -0.1) is 0 Å². The first-order valence-electron chi connectivity index (χ1n) is 6.68. The standard InChI is InChI=1S/C16H13Cl2N3O/c1-9-12(18)4-3-5-13(9)20-16(22)15-10(2)19-14-8-11(17)6-7-21(14)15/h3-8H,1-2H3,(H,20,22). The van der Waals surface area contributed by atoms with Crippen LogP contribution in [0.5, 0.6) is 0 Å². The lowest BCUT2D eigenvalue weighted by atomic mass is 10.2. The molecular weight excluding hydrogens is 321 g/mol. The molecule has 3 rings (SSSR count). The normalized spacial score (nSPS) is 10.9. The number of fused-ring (bicyclic) bond motifs is 1. The number of benzene rings is 1. The maximum atomic E-state index is 12.6. The summed E-state index contributed by atoms with van der Waals surface area (Å²) in [6.45, 7) is 3.65. The molecule has 0 saturated carbocycles. The van der Waals surface area contributed by atoms with Crippen molar-refractivity contribution >= 4 is 40.4 Å². The summed E-state index contributed by atoms with van der Waals surface area (Å²) in [5.41, 5.74) is 3.26. The highest BCUT2D eigenvalue weighted by Gasteiger charge is 2.17. The van der Waals surface area contributed by atoms with Gasteiger partial charge in [0, 0.05) is 28.0 Å². The molecule has 1 aromatic carbocycles. The summed E-state index contributed by atoms with van der Waals surface area (Å²) in [6.07, 6.45) is 1.73. The highest BCUT2D eigenvalue weighted by atomic mass is 35.5. The third kappa shape index (κ3) is 2.56. The zero-order valence-corrected chi connectivity index (χ0v) is 13.5. The third-order valence-electron chi connectivity index (χ3n) is 3.49. The molecule has 2 heterocycles. The van der Waals surface area contributed by atoms with Crippen molar-refractivity contribution in [3.8, 4) is 0 Å². The first-order chi connectivity index (χ1) is 10.5. The number of anilines is 1. The fraction of sp³-hybridized carbons (Fsp3) is 0.125. The summed E-state index contributed by atoms with van der Waals surface area (Å²) in [6, 6.07) is 8.84. The van der Waals surface area contributed by atoms with E-state index in [0.717, 1.165) is 5.56 Å². The van der Waals surface area contributed by atoms with E-state index in [4.69, 9.17) is 23.2 Å². The summed E-state index contributed by atoms with van der Waals surface area (Å²) in [5, 5.41) is 4.07. The molecule has 0 aliphatic rings. The minimum absolute atomic E-state index is 0.238. The molecule has 0 fully saturated rings. The third-order valence-corrected chi connectivity index (χ3v) is 4.14. The number of halogens is 2. The van der Waals surface area contributed by atoms with Gasteiger partial charge in [-0.25, -0.2) is 4.98 Å². The lowest BCUT2D eigenvalue weighted by molar-refractivity contribution is 0.102. The molecule has 1 amide bonds. The molecule has 0 bridgehead atoms. The van der Waals surface area contributed by atoms with Crippen LogP contribution in [0.4, 0.5) is 5.69 Å². The van der Waals surface area contributed by atoms with E-state index in [0.29, 0.717) is 32.8 Å². The zero-order valence-electron chi connectivity index (χ0n) is 12.0. The Morgan fingerprint density at radius 2 is 2.00 bits per heavy atom. The maximum Gasteiger partial charge on any atom is 0.274 e. The van der Waals surface area contributed by atoms with Crippen molar-refractivity contribution in [3.05, 3.63) is 63.5 Å². The second-order valence-electron chi connectivity index (χ2n) is 4.99. The fourth-order valence-corrected chi connectivity index (χ4v) is 2.66. The topological polar surface area (TPSA) is 46.4 Å². The van der Waals surface area contributed by atoms with Gasteiger partial charge in [0.15, 0.2) is 0 Å². The van der Waals surface area contributed by atoms with Gasteiger partial charge in [0.05, 0.1) is 5.69 Å². The molecule has 0 spiro atoms. The first kappa shape index (κ1) is 14.9. The zero-order chi connectivity index (χ0) is 15.9. The Hall–Kier alpha value is -2.04. The van der Waals surface area contributed by atoms with Crippen LogP contribution in [-0.2, 0) is 0 Å². The SMILES string of the molecule is Cc1nc2cc(Cl)ccn2c1C(=O)Nc1cccc(Cl)c1C. The van der Waals surface area contributed by atoms with Crippen molar-refractivity contribution < 1.29 is 4.79 Å². The van der Waals surface area contributed by atoms with Crippen LogP contribution in [0.15, 0.2) is 36.5 Å². The van der Waals surface area contributed by atoms with Crippen molar-refractivity contribution in [2.45, 2.75) is 13.8 Å². The van der Waals surface area contributed by atoms with Crippen molar-refractivity contribution in [3.63, 3.8) is 0 Å². The molecule has 4 nitrogen and oxygen atoms in total. The Morgan fingerprint density at radius 1 is 1.23 bits per heavy atom. The molecule has 6 heteroatoms. The number of carbonyl (C=O) groups is 1. The number of aryl methyl sites for hydroxylation is 1. The Bertz CT molecular complexity index is 886. The number of rotatable bonds is 2. The van der Waals surface area contributed by atoms with Crippen LogP contribution < -0.4 is 5.32 Å². The number of hydrogen-bond donors (Lipinski definition) is 1. The summed E-state index contributed by atoms with van der Waals surface area (Å²) in [7, 11) is 0. The number of aromatic nitrogens is 2. The Kier molecular flexibility index (Phi) is 3.81. The molecule has 0 aliphatic heterocycles. The van der Waals surface area contributed by atoms with E-state index in [1.165, 1.54) is 0 Å². The molecule has 0 atom stereocenters. The fourth-order valence-electron chi connectivity index (χ4n) is 2.34. The van der Waals surface area contributed by atoms with Crippen molar-refractivity contribution in [2.75, 3.05) is 5.32 Å².